The fourth-order valence-corrected chi connectivity index (χ4v) is 2.04. The molecule has 0 spiro atoms. The maximum Gasteiger partial charge on any atom is 0.324 e. The number of hydrazone groups is 1. The number of nitro groups is 1. The number of benzene rings is 1. The van der Waals surface area contributed by atoms with Gasteiger partial charge in [-0.3, -0.25) is 14.9 Å². The molecule has 1 heterocycles. The minimum atomic E-state index is -0.489. The van der Waals surface area contributed by atoms with Crippen molar-refractivity contribution in [3.63, 3.8) is 0 Å². The molecule has 102 valence electrons. The Morgan fingerprint density at radius 2 is 2.00 bits per heavy atom. The largest absolute Gasteiger partial charge is 0.508 e. The van der Waals surface area contributed by atoms with E-state index in [0.29, 0.717) is 10.4 Å². The van der Waals surface area contributed by atoms with Crippen LogP contribution >= 0.6 is 11.3 Å². The van der Waals surface area contributed by atoms with Crippen LogP contribution in [0.4, 0.5) is 5.00 Å². The van der Waals surface area contributed by atoms with Crippen LogP contribution in [0.15, 0.2) is 41.5 Å². The number of carbonyl (C=O) groups is 1. The number of amides is 1. The number of phenolic OH excluding ortho intramolecular Hbond substituents is 1. The molecule has 1 amide bonds. The number of rotatable bonds is 4. The van der Waals surface area contributed by atoms with Gasteiger partial charge in [-0.15, -0.1) is 0 Å². The van der Waals surface area contributed by atoms with Crippen LogP contribution in [0.3, 0.4) is 0 Å². The van der Waals surface area contributed by atoms with Crippen LogP contribution in [-0.4, -0.2) is 22.2 Å². The van der Waals surface area contributed by atoms with E-state index < -0.39 is 10.8 Å². The number of thiophene rings is 1. The molecule has 0 aliphatic rings. The SMILES string of the molecule is O=C(N/N=C\c1ccc([N+](=O)[O-])s1)c1ccc(O)cc1. The Hall–Kier alpha value is -2.74. The molecule has 1 aromatic heterocycles. The number of nitrogens with zero attached hydrogens (tertiary/aromatic N) is 2. The molecule has 0 unspecified atom stereocenters. The van der Waals surface area contributed by atoms with Crippen LogP contribution in [-0.2, 0) is 0 Å². The van der Waals surface area contributed by atoms with Crippen molar-refractivity contribution in [2.75, 3.05) is 0 Å². The van der Waals surface area contributed by atoms with Crippen LogP contribution < -0.4 is 5.43 Å². The highest BCUT2D eigenvalue weighted by Crippen LogP contribution is 2.22. The molecule has 20 heavy (non-hydrogen) atoms. The molecule has 2 N–H and O–H groups in total. The minimum Gasteiger partial charge on any atom is -0.508 e. The van der Waals surface area contributed by atoms with Gasteiger partial charge in [-0.2, -0.15) is 5.10 Å². The normalized spacial score (nSPS) is 10.6. The summed E-state index contributed by atoms with van der Waals surface area (Å²) in [5, 5.41) is 23.3. The van der Waals surface area contributed by atoms with Gasteiger partial charge >= 0.3 is 5.00 Å². The van der Waals surface area contributed by atoms with Gasteiger partial charge in [0.1, 0.15) is 5.75 Å². The molecule has 0 saturated carbocycles. The number of hydrogen-bond acceptors (Lipinski definition) is 6. The van der Waals surface area contributed by atoms with Gasteiger partial charge in [0.05, 0.1) is 16.0 Å². The van der Waals surface area contributed by atoms with Crippen molar-refractivity contribution in [2.45, 2.75) is 0 Å². The predicted octanol–water partition coefficient (Wildman–Crippen LogP) is 2.13. The van der Waals surface area contributed by atoms with E-state index in [2.05, 4.69) is 10.5 Å². The lowest BCUT2D eigenvalue weighted by Crippen LogP contribution is -2.17. The highest BCUT2D eigenvalue weighted by Gasteiger charge is 2.08. The molecule has 0 aliphatic heterocycles. The van der Waals surface area contributed by atoms with Crippen LogP contribution in [0.2, 0.25) is 0 Å². The van der Waals surface area contributed by atoms with Crippen molar-refractivity contribution >= 4 is 28.5 Å². The first-order valence-electron chi connectivity index (χ1n) is 5.43. The molecule has 0 atom stereocenters. The summed E-state index contributed by atoms with van der Waals surface area (Å²) < 4.78 is 0. The quantitative estimate of drug-likeness (QED) is 0.511. The van der Waals surface area contributed by atoms with E-state index in [1.54, 1.807) is 6.07 Å². The van der Waals surface area contributed by atoms with Gasteiger partial charge in [-0.25, -0.2) is 5.43 Å². The molecule has 0 saturated heterocycles. The lowest BCUT2D eigenvalue weighted by Gasteiger charge is -1.99. The topological polar surface area (TPSA) is 105 Å². The Morgan fingerprint density at radius 3 is 2.60 bits per heavy atom. The Bertz CT molecular complexity index is 664. The van der Waals surface area contributed by atoms with E-state index >= 15 is 0 Å². The second-order valence-corrected chi connectivity index (χ2v) is 4.77. The summed E-state index contributed by atoms with van der Waals surface area (Å²) in [6, 6.07) is 8.60. The zero-order valence-corrected chi connectivity index (χ0v) is 10.8. The number of carbonyl (C=O) groups excluding carboxylic acids is 1. The number of nitrogens with one attached hydrogen (secondary N) is 1. The average molecular weight is 291 g/mol. The second kappa shape index (κ2) is 5.93. The Morgan fingerprint density at radius 1 is 1.30 bits per heavy atom. The van der Waals surface area contributed by atoms with Crippen molar-refractivity contribution in [1.82, 2.24) is 5.43 Å². The molecule has 7 nitrogen and oxygen atoms in total. The van der Waals surface area contributed by atoms with E-state index in [4.69, 9.17) is 5.11 Å². The molecule has 1 aromatic carbocycles. The molecule has 8 heteroatoms. The number of aromatic hydroxyl groups is 1. The molecule has 2 aromatic rings. The first kappa shape index (κ1) is 13.7. The van der Waals surface area contributed by atoms with Crippen LogP contribution in [0.25, 0.3) is 0 Å². The lowest BCUT2D eigenvalue weighted by atomic mass is 10.2. The predicted molar refractivity (Wildman–Crippen MR) is 74.1 cm³/mol. The minimum absolute atomic E-state index is 0.0105. The van der Waals surface area contributed by atoms with Crippen LogP contribution in [0.5, 0.6) is 5.75 Å². The maximum absolute atomic E-state index is 11.6. The number of hydrogen-bond donors (Lipinski definition) is 2. The Kier molecular flexibility index (Phi) is 4.06. The molecule has 0 aliphatic carbocycles. The second-order valence-electron chi connectivity index (χ2n) is 3.68. The van der Waals surface area contributed by atoms with Crippen molar-refractivity contribution in [1.29, 1.82) is 0 Å². The Labute approximate surface area is 117 Å². The lowest BCUT2D eigenvalue weighted by molar-refractivity contribution is -0.380. The third kappa shape index (κ3) is 3.39. The average Bonchev–Trinajstić information content (AvgIpc) is 2.88. The maximum atomic E-state index is 11.6. The van der Waals surface area contributed by atoms with E-state index in [-0.39, 0.29) is 10.8 Å². The third-order valence-corrected chi connectivity index (χ3v) is 3.25. The van der Waals surface area contributed by atoms with Crippen molar-refractivity contribution < 1.29 is 14.8 Å². The zero-order chi connectivity index (χ0) is 14.5. The van der Waals surface area contributed by atoms with Gasteiger partial charge in [0.25, 0.3) is 5.91 Å². The van der Waals surface area contributed by atoms with E-state index in [1.807, 2.05) is 0 Å². The monoisotopic (exact) mass is 291 g/mol. The first-order valence-corrected chi connectivity index (χ1v) is 6.24. The smallest absolute Gasteiger partial charge is 0.324 e. The standard InChI is InChI=1S/C12H9N3O4S/c16-9-3-1-8(2-4-9)12(17)14-13-7-10-5-6-11(20-10)15(18)19/h1-7,16H,(H,14,17)/b13-7-. The van der Waals surface area contributed by atoms with E-state index in [1.165, 1.54) is 36.5 Å². The highest BCUT2D eigenvalue weighted by molar-refractivity contribution is 7.16. The summed E-state index contributed by atoms with van der Waals surface area (Å²) in [6.07, 6.45) is 1.33. The third-order valence-electron chi connectivity index (χ3n) is 2.28. The van der Waals surface area contributed by atoms with Gasteiger partial charge in [0, 0.05) is 11.6 Å². The van der Waals surface area contributed by atoms with Crippen LogP contribution in [0, 0.1) is 10.1 Å². The zero-order valence-electron chi connectivity index (χ0n) is 10.0. The molecular formula is C12H9N3O4S. The highest BCUT2D eigenvalue weighted by atomic mass is 32.1. The van der Waals surface area contributed by atoms with Crippen molar-refractivity contribution in [3.05, 3.63) is 57.0 Å². The fourth-order valence-electron chi connectivity index (χ4n) is 1.34. The van der Waals surface area contributed by atoms with Crippen molar-refractivity contribution in [2.24, 2.45) is 5.10 Å². The fraction of sp³-hybridized carbons (Fsp3) is 0. The molecule has 0 radical (unpaired) electrons. The molecular weight excluding hydrogens is 282 g/mol. The van der Waals surface area contributed by atoms with Gasteiger partial charge in [0.2, 0.25) is 0 Å². The summed E-state index contributed by atoms with van der Waals surface area (Å²) in [7, 11) is 0. The summed E-state index contributed by atoms with van der Waals surface area (Å²) in [4.78, 5) is 22.2. The summed E-state index contributed by atoms with van der Waals surface area (Å²) in [6.45, 7) is 0. The van der Waals surface area contributed by atoms with Gasteiger partial charge < -0.3 is 5.11 Å². The van der Waals surface area contributed by atoms with E-state index in [0.717, 1.165) is 11.3 Å². The molecule has 0 fully saturated rings. The molecule has 2 rings (SSSR count). The van der Waals surface area contributed by atoms with Crippen molar-refractivity contribution in [3.8, 4) is 5.75 Å². The van der Waals surface area contributed by atoms with Crippen LogP contribution in [0.1, 0.15) is 15.2 Å². The molecule has 0 bridgehead atoms. The first-order chi connectivity index (χ1) is 9.56. The summed E-state index contributed by atoms with van der Waals surface area (Å²) in [5.41, 5.74) is 2.64. The van der Waals surface area contributed by atoms with E-state index in [9.17, 15) is 14.9 Å². The summed E-state index contributed by atoms with van der Waals surface area (Å²) >= 11 is 0.958. The Balaban J connectivity index is 1.97. The van der Waals surface area contributed by atoms with Gasteiger partial charge in [0.15, 0.2) is 0 Å². The summed E-state index contributed by atoms with van der Waals surface area (Å²) in [5.74, 6) is -0.372. The number of phenols is 1. The van der Waals surface area contributed by atoms with Gasteiger partial charge in [-0.1, -0.05) is 11.3 Å². The van der Waals surface area contributed by atoms with Gasteiger partial charge in [-0.05, 0) is 30.3 Å².